The zero-order valence-electron chi connectivity index (χ0n) is 16.1. The number of aryl methyl sites for hydroxylation is 1. The standard InChI is InChI=1S/C22H22FN3O2/c1-15-6-11-19(23)20(13-15)26-12-4-5-18(22(26)28)21(27)24-14-16-7-9-17(10-8-16)25(2)3/h4-13H,14H2,1-3H3,(H,24,27). The summed E-state index contributed by atoms with van der Waals surface area (Å²) in [6, 6.07) is 15.3. The molecular weight excluding hydrogens is 357 g/mol. The van der Waals surface area contributed by atoms with Gasteiger partial charge in [-0.05, 0) is 54.4 Å². The summed E-state index contributed by atoms with van der Waals surface area (Å²) in [7, 11) is 3.91. The van der Waals surface area contributed by atoms with Crippen molar-refractivity contribution >= 4 is 11.6 Å². The van der Waals surface area contributed by atoms with Gasteiger partial charge in [0.15, 0.2) is 0 Å². The van der Waals surface area contributed by atoms with Crippen LogP contribution in [0.1, 0.15) is 21.5 Å². The largest absolute Gasteiger partial charge is 0.378 e. The molecule has 0 aliphatic rings. The Morgan fingerprint density at radius 3 is 2.50 bits per heavy atom. The Morgan fingerprint density at radius 1 is 1.11 bits per heavy atom. The van der Waals surface area contributed by atoms with E-state index in [2.05, 4.69) is 5.32 Å². The van der Waals surface area contributed by atoms with E-state index in [0.717, 1.165) is 21.4 Å². The number of carbonyl (C=O) groups is 1. The lowest BCUT2D eigenvalue weighted by molar-refractivity contribution is 0.0949. The third-order valence-corrected chi connectivity index (χ3v) is 4.46. The minimum absolute atomic E-state index is 0.0340. The predicted octanol–water partition coefficient (Wildman–Crippen LogP) is 3.28. The lowest BCUT2D eigenvalue weighted by Gasteiger charge is -2.13. The van der Waals surface area contributed by atoms with Crippen LogP contribution in [0, 0.1) is 12.7 Å². The highest BCUT2D eigenvalue weighted by Crippen LogP contribution is 2.14. The predicted molar refractivity (Wildman–Crippen MR) is 109 cm³/mol. The second kappa shape index (κ2) is 8.08. The molecule has 2 aromatic carbocycles. The second-order valence-electron chi connectivity index (χ2n) is 6.80. The Hall–Kier alpha value is -3.41. The highest BCUT2D eigenvalue weighted by molar-refractivity contribution is 5.93. The van der Waals surface area contributed by atoms with Crippen molar-refractivity contribution < 1.29 is 9.18 Å². The molecule has 1 heterocycles. The van der Waals surface area contributed by atoms with Crippen molar-refractivity contribution in [1.82, 2.24) is 9.88 Å². The average molecular weight is 379 g/mol. The van der Waals surface area contributed by atoms with Crippen LogP contribution in [-0.4, -0.2) is 24.6 Å². The van der Waals surface area contributed by atoms with Gasteiger partial charge in [0, 0.05) is 32.5 Å². The van der Waals surface area contributed by atoms with Crippen LogP contribution in [-0.2, 0) is 6.54 Å². The van der Waals surface area contributed by atoms with Gasteiger partial charge in [-0.3, -0.25) is 14.2 Å². The van der Waals surface area contributed by atoms with Crippen molar-refractivity contribution in [3.8, 4) is 5.69 Å². The molecule has 144 valence electrons. The van der Waals surface area contributed by atoms with Crippen LogP contribution in [0.15, 0.2) is 65.6 Å². The number of carbonyl (C=O) groups excluding carboxylic acids is 1. The first kappa shape index (κ1) is 19.4. The molecule has 0 bridgehead atoms. The fourth-order valence-corrected chi connectivity index (χ4v) is 2.85. The molecule has 1 aromatic heterocycles. The topological polar surface area (TPSA) is 54.3 Å². The smallest absolute Gasteiger partial charge is 0.268 e. The minimum Gasteiger partial charge on any atom is -0.378 e. The summed E-state index contributed by atoms with van der Waals surface area (Å²) >= 11 is 0. The molecule has 28 heavy (non-hydrogen) atoms. The van der Waals surface area contributed by atoms with Crippen LogP contribution < -0.4 is 15.8 Å². The molecule has 3 aromatic rings. The summed E-state index contributed by atoms with van der Waals surface area (Å²) in [6.07, 6.45) is 1.46. The number of rotatable bonds is 5. The first-order valence-electron chi connectivity index (χ1n) is 8.89. The number of amides is 1. The Morgan fingerprint density at radius 2 is 1.82 bits per heavy atom. The van der Waals surface area contributed by atoms with Gasteiger partial charge in [-0.25, -0.2) is 4.39 Å². The molecule has 0 unspecified atom stereocenters. The number of nitrogens with one attached hydrogen (secondary N) is 1. The lowest BCUT2D eigenvalue weighted by Crippen LogP contribution is -2.32. The number of hydrogen-bond acceptors (Lipinski definition) is 3. The molecule has 0 aliphatic heterocycles. The molecule has 0 radical (unpaired) electrons. The summed E-state index contributed by atoms with van der Waals surface area (Å²) in [5.74, 6) is -1.02. The van der Waals surface area contributed by atoms with Crippen molar-refractivity contribution in [3.05, 3.63) is 93.7 Å². The van der Waals surface area contributed by atoms with Crippen LogP contribution in [0.25, 0.3) is 5.69 Å². The van der Waals surface area contributed by atoms with Gasteiger partial charge in [-0.2, -0.15) is 0 Å². The van der Waals surface area contributed by atoms with E-state index >= 15 is 0 Å². The summed E-state index contributed by atoms with van der Waals surface area (Å²) < 4.78 is 15.3. The van der Waals surface area contributed by atoms with Gasteiger partial charge >= 0.3 is 0 Å². The fourth-order valence-electron chi connectivity index (χ4n) is 2.85. The van der Waals surface area contributed by atoms with Crippen LogP contribution >= 0.6 is 0 Å². The van der Waals surface area contributed by atoms with E-state index in [0.29, 0.717) is 6.54 Å². The molecule has 1 N–H and O–H groups in total. The third kappa shape index (κ3) is 4.11. The maximum Gasteiger partial charge on any atom is 0.268 e. The molecule has 0 saturated heterocycles. The molecule has 0 spiro atoms. The van der Waals surface area contributed by atoms with E-state index < -0.39 is 17.3 Å². The molecule has 3 rings (SSSR count). The van der Waals surface area contributed by atoms with Gasteiger partial charge in [0.05, 0.1) is 5.69 Å². The normalized spacial score (nSPS) is 10.6. The zero-order chi connectivity index (χ0) is 20.3. The number of hydrogen-bond donors (Lipinski definition) is 1. The van der Waals surface area contributed by atoms with Crippen molar-refractivity contribution in [1.29, 1.82) is 0 Å². The fraction of sp³-hybridized carbons (Fsp3) is 0.182. The van der Waals surface area contributed by atoms with Crippen LogP contribution in [0.2, 0.25) is 0 Å². The van der Waals surface area contributed by atoms with E-state index in [1.165, 1.54) is 18.3 Å². The van der Waals surface area contributed by atoms with Crippen molar-refractivity contribution in [3.63, 3.8) is 0 Å². The Bertz CT molecular complexity index is 1060. The first-order valence-corrected chi connectivity index (χ1v) is 8.89. The lowest BCUT2D eigenvalue weighted by atomic mass is 10.1. The molecular formula is C22H22FN3O2. The van der Waals surface area contributed by atoms with Crippen LogP contribution in [0.4, 0.5) is 10.1 Å². The highest BCUT2D eigenvalue weighted by atomic mass is 19.1. The van der Waals surface area contributed by atoms with E-state index in [-0.39, 0.29) is 11.3 Å². The molecule has 0 fully saturated rings. The maximum atomic E-state index is 14.2. The van der Waals surface area contributed by atoms with Crippen LogP contribution in [0.3, 0.4) is 0 Å². The highest BCUT2D eigenvalue weighted by Gasteiger charge is 2.14. The summed E-state index contributed by atoms with van der Waals surface area (Å²) in [5, 5.41) is 2.75. The van der Waals surface area contributed by atoms with Crippen LogP contribution in [0.5, 0.6) is 0 Å². The number of benzene rings is 2. The summed E-state index contributed by atoms with van der Waals surface area (Å²) in [4.78, 5) is 27.2. The molecule has 5 nitrogen and oxygen atoms in total. The van der Waals surface area contributed by atoms with Gasteiger partial charge in [0.2, 0.25) is 0 Å². The van der Waals surface area contributed by atoms with Gasteiger partial charge in [0.25, 0.3) is 11.5 Å². The number of nitrogens with zero attached hydrogens (tertiary/aromatic N) is 2. The average Bonchev–Trinajstić information content (AvgIpc) is 2.68. The van der Waals surface area contributed by atoms with Gasteiger partial charge in [0.1, 0.15) is 11.4 Å². The van der Waals surface area contributed by atoms with E-state index in [1.54, 1.807) is 18.2 Å². The van der Waals surface area contributed by atoms with Gasteiger partial charge < -0.3 is 10.2 Å². The van der Waals surface area contributed by atoms with E-state index in [1.807, 2.05) is 50.2 Å². The first-order chi connectivity index (χ1) is 13.4. The molecule has 0 aliphatic carbocycles. The van der Waals surface area contributed by atoms with E-state index in [4.69, 9.17) is 0 Å². The Balaban J connectivity index is 1.81. The molecule has 0 atom stereocenters. The monoisotopic (exact) mass is 379 g/mol. The maximum absolute atomic E-state index is 14.2. The van der Waals surface area contributed by atoms with Crippen molar-refractivity contribution in [2.45, 2.75) is 13.5 Å². The Labute approximate surface area is 163 Å². The minimum atomic E-state index is -0.563. The number of anilines is 1. The quantitative estimate of drug-likeness (QED) is 0.740. The van der Waals surface area contributed by atoms with Crippen molar-refractivity contribution in [2.75, 3.05) is 19.0 Å². The van der Waals surface area contributed by atoms with Crippen molar-refractivity contribution in [2.24, 2.45) is 0 Å². The SMILES string of the molecule is Cc1ccc(F)c(-n2cccc(C(=O)NCc3ccc(N(C)C)cc3)c2=O)c1. The number of aromatic nitrogens is 1. The molecule has 6 heteroatoms. The van der Waals surface area contributed by atoms with Gasteiger partial charge in [-0.15, -0.1) is 0 Å². The summed E-state index contributed by atoms with van der Waals surface area (Å²) in [6.45, 7) is 2.10. The number of halogens is 1. The third-order valence-electron chi connectivity index (χ3n) is 4.46. The van der Waals surface area contributed by atoms with Gasteiger partial charge in [-0.1, -0.05) is 18.2 Å². The second-order valence-corrected chi connectivity index (χ2v) is 6.80. The summed E-state index contributed by atoms with van der Waals surface area (Å²) in [5.41, 5.74) is 2.32. The van der Waals surface area contributed by atoms with E-state index in [9.17, 15) is 14.0 Å². The Kier molecular flexibility index (Phi) is 5.59. The molecule has 0 saturated carbocycles. The number of pyridine rings is 1. The molecule has 1 amide bonds. The zero-order valence-corrected chi connectivity index (χ0v) is 16.1.